The molecular weight excluding hydrogens is 224 g/mol. The lowest BCUT2D eigenvalue weighted by molar-refractivity contribution is 0.102. The van der Waals surface area contributed by atoms with Crippen LogP contribution in [0.25, 0.3) is 0 Å². The van der Waals surface area contributed by atoms with Crippen LogP contribution in [0.5, 0.6) is 0 Å². The number of carbonyl (C=O) groups is 1. The summed E-state index contributed by atoms with van der Waals surface area (Å²) in [4.78, 5) is 16.3. The maximum absolute atomic E-state index is 12.2. The first-order chi connectivity index (χ1) is 8.59. The molecule has 0 aliphatic heterocycles. The van der Waals surface area contributed by atoms with Gasteiger partial charge in [0.05, 0.1) is 5.56 Å². The molecule has 0 bridgehead atoms. The number of nitrogens with zero attached hydrogens (tertiary/aromatic N) is 1. The molecule has 0 unspecified atom stereocenters. The van der Waals surface area contributed by atoms with Crippen molar-refractivity contribution in [1.82, 2.24) is 4.98 Å². The van der Waals surface area contributed by atoms with Crippen LogP contribution in [0, 0.1) is 20.8 Å². The summed E-state index contributed by atoms with van der Waals surface area (Å²) in [5.41, 5.74) is 4.35. The first-order valence-electron chi connectivity index (χ1n) is 5.89. The van der Waals surface area contributed by atoms with E-state index in [0.717, 1.165) is 22.5 Å². The van der Waals surface area contributed by atoms with Gasteiger partial charge in [-0.25, -0.2) is 0 Å². The molecule has 1 amide bonds. The Balaban J connectivity index is 2.30. The minimum Gasteiger partial charge on any atom is -0.321 e. The number of anilines is 1. The van der Waals surface area contributed by atoms with E-state index in [1.54, 1.807) is 18.3 Å². The first kappa shape index (κ1) is 12.3. The van der Waals surface area contributed by atoms with Crippen LogP contribution in [0.2, 0.25) is 0 Å². The number of carbonyl (C=O) groups excluding carboxylic acids is 1. The van der Waals surface area contributed by atoms with Crippen LogP contribution >= 0.6 is 0 Å². The molecule has 92 valence electrons. The Labute approximate surface area is 107 Å². The van der Waals surface area contributed by atoms with Gasteiger partial charge >= 0.3 is 0 Å². The summed E-state index contributed by atoms with van der Waals surface area (Å²) in [6.45, 7) is 5.80. The van der Waals surface area contributed by atoms with Crippen LogP contribution in [-0.4, -0.2) is 10.9 Å². The van der Waals surface area contributed by atoms with Gasteiger partial charge in [-0.2, -0.15) is 0 Å². The topological polar surface area (TPSA) is 42.0 Å². The zero-order valence-corrected chi connectivity index (χ0v) is 10.8. The number of para-hydroxylation sites is 1. The molecule has 1 aromatic heterocycles. The van der Waals surface area contributed by atoms with Crippen LogP contribution in [0.3, 0.4) is 0 Å². The molecule has 0 saturated heterocycles. The summed E-state index contributed by atoms with van der Waals surface area (Å²) >= 11 is 0. The Morgan fingerprint density at radius 1 is 1.06 bits per heavy atom. The van der Waals surface area contributed by atoms with Gasteiger partial charge < -0.3 is 5.32 Å². The van der Waals surface area contributed by atoms with E-state index in [4.69, 9.17) is 0 Å². The number of amides is 1. The van der Waals surface area contributed by atoms with Crippen LogP contribution in [0.1, 0.15) is 27.2 Å². The molecule has 3 heteroatoms. The highest BCUT2D eigenvalue weighted by Gasteiger charge is 2.11. The molecule has 0 aliphatic carbocycles. The summed E-state index contributed by atoms with van der Waals surface area (Å²) in [6, 6.07) is 9.50. The van der Waals surface area contributed by atoms with E-state index >= 15 is 0 Å². The Morgan fingerprint density at radius 3 is 2.33 bits per heavy atom. The van der Waals surface area contributed by atoms with E-state index in [-0.39, 0.29) is 5.91 Å². The maximum atomic E-state index is 12.2. The fourth-order valence-electron chi connectivity index (χ4n) is 1.92. The number of aryl methyl sites for hydroxylation is 3. The minimum absolute atomic E-state index is 0.113. The molecule has 2 aromatic rings. The normalized spacial score (nSPS) is 10.2. The second kappa shape index (κ2) is 5.00. The number of pyridine rings is 1. The van der Waals surface area contributed by atoms with Crippen LogP contribution in [0.15, 0.2) is 36.5 Å². The van der Waals surface area contributed by atoms with Gasteiger partial charge in [0, 0.05) is 17.6 Å². The molecule has 0 aliphatic rings. The summed E-state index contributed by atoms with van der Waals surface area (Å²) < 4.78 is 0. The Kier molecular flexibility index (Phi) is 3.42. The zero-order valence-electron chi connectivity index (χ0n) is 10.8. The maximum Gasteiger partial charge on any atom is 0.257 e. The Morgan fingerprint density at radius 2 is 1.72 bits per heavy atom. The van der Waals surface area contributed by atoms with E-state index in [0.29, 0.717) is 5.56 Å². The SMILES string of the molecule is Cc1cccc(C)c1NC(=O)c1cccnc1C. The first-order valence-corrected chi connectivity index (χ1v) is 5.89. The quantitative estimate of drug-likeness (QED) is 0.875. The zero-order chi connectivity index (χ0) is 13.1. The van der Waals surface area contributed by atoms with Crippen molar-refractivity contribution in [2.24, 2.45) is 0 Å². The lowest BCUT2D eigenvalue weighted by Crippen LogP contribution is -2.15. The van der Waals surface area contributed by atoms with Crippen molar-refractivity contribution in [1.29, 1.82) is 0 Å². The highest BCUT2D eigenvalue weighted by atomic mass is 16.1. The van der Waals surface area contributed by atoms with Crippen molar-refractivity contribution in [3.05, 3.63) is 58.9 Å². The van der Waals surface area contributed by atoms with Gasteiger partial charge in [0.1, 0.15) is 0 Å². The lowest BCUT2D eigenvalue weighted by Gasteiger charge is -2.12. The van der Waals surface area contributed by atoms with E-state index in [1.807, 2.05) is 39.0 Å². The highest BCUT2D eigenvalue weighted by molar-refractivity contribution is 6.05. The molecule has 0 atom stereocenters. The van der Waals surface area contributed by atoms with Crippen molar-refractivity contribution in [2.75, 3.05) is 5.32 Å². The number of rotatable bonds is 2. The van der Waals surface area contributed by atoms with Crippen LogP contribution < -0.4 is 5.32 Å². The molecule has 1 N–H and O–H groups in total. The Hall–Kier alpha value is -2.16. The third-order valence-corrected chi connectivity index (χ3v) is 2.97. The third kappa shape index (κ3) is 2.40. The molecule has 0 spiro atoms. The molecule has 0 fully saturated rings. The van der Waals surface area contributed by atoms with Crippen molar-refractivity contribution in [3.8, 4) is 0 Å². The molecule has 3 nitrogen and oxygen atoms in total. The molecule has 18 heavy (non-hydrogen) atoms. The van der Waals surface area contributed by atoms with Crippen molar-refractivity contribution in [2.45, 2.75) is 20.8 Å². The number of benzene rings is 1. The molecule has 2 rings (SSSR count). The fourth-order valence-corrected chi connectivity index (χ4v) is 1.92. The molecule has 0 saturated carbocycles. The van der Waals surface area contributed by atoms with Crippen LogP contribution in [0.4, 0.5) is 5.69 Å². The van der Waals surface area contributed by atoms with Gasteiger partial charge in [-0.3, -0.25) is 9.78 Å². The standard InChI is InChI=1S/C15H16N2O/c1-10-6-4-7-11(2)14(10)17-15(18)13-8-5-9-16-12(13)3/h4-9H,1-3H3,(H,17,18). The number of hydrogen-bond donors (Lipinski definition) is 1. The summed E-state index contributed by atoms with van der Waals surface area (Å²) in [5.74, 6) is -0.113. The average molecular weight is 240 g/mol. The van der Waals surface area contributed by atoms with Crippen molar-refractivity contribution < 1.29 is 4.79 Å². The van der Waals surface area contributed by atoms with Crippen LogP contribution in [-0.2, 0) is 0 Å². The molecule has 0 radical (unpaired) electrons. The van der Waals surface area contributed by atoms with Crippen molar-refractivity contribution in [3.63, 3.8) is 0 Å². The van der Waals surface area contributed by atoms with E-state index in [1.165, 1.54) is 0 Å². The summed E-state index contributed by atoms with van der Waals surface area (Å²) in [7, 11) is 0. The molecule has 1 aromatic carbocycles. The molecular formula is C15H16N2O. The third-order valence-electron chi connectivity index (χ3n) is 2.97. The van der Waals surface area contributed by atoms with E-state index in [9.17, 15) is 4.79 Å². The predicted octanol–water partition coefficient (Wildman–Crippen LogP) is 3.26. The largest absolute Gasteiger partial charge is 0.321 e. The van der Waals surface area contributed by atoms with Gasteiger partial charge in [-0.05, 0) is 44.0 Å². The smallest absolute Gasteiger partial charge is 0.257 e. The highest BCUT2D eigenvalue weighted by Crippen LogP contribution is 2.20. The summed E-state index contributed by atoms with van der Waals surface area (Å²) in [5, 5.41) is 2.96. The second-order valence-corrected chi connectivity index (χ2v) is 4.36. The van der Waals surface area contributed by atoms with Gasteiger partial charge in [0.25, 0.3) is 5.91 Å². The van der Waals surface area contributed by atoms with Gasteiger partial charge in [0.2, 0.25) is 0 Å². The fraction of sp³-hybridized carbons (Fsp3) is 0.200. The number of hydrogen-bond acceptors (Lipinski definition) is 2. The number of nitrogens with one attached hydrogen (secondary N) is 1. The second-order valence-electron chi connectivity index (χ2n) is 4.36. The average Bonchev–Trinajstić information content (AvgIpc) is 2.34. The van der Waals surface area contributed by atoms with Crippen molar-refractivity contribution >= 4 is 11.6 Å². The van der Waals surface area contributed by atoms with Gasteiger partial charge in [-0.1, -0.05) is 18.2 Å². The monoisotopic (exact) mass is 240 g/mol. The lowest BCUT2D eigenvalue weighted by atomic mass is 10.1. The summed E-state index contributed by atoms with van der Waals surface area (Å²) in [6.07, 6.45) is 1.69. The van der Waals surface area contributed by atoms with E-state index < -0.39 is 0 Å². The molecule has 1 heterocycles. The van der Waals surface area contributed by atoms with Gasteiger partial charge in [0.15, 0.2) is 0 Å². The predicted molar refractivity (Wildman–Crippen MR) is 72.8 cm³/mol. The van der Waals surface area contributed by atoms with E-state index in [2.05, 4.69) is 10.3 Å². The Bertz CT molecular complexity index is 571. The number of aromatic nitrogens is 1. The minimum atomic E-state index is -0.113. The van der Waals surface area contributed by atoms with Gasteiger partial charge in [-0.15, -0.1) is 0 Å².